The van der Waals surface area contributed by atoms with E-state index in [4.69, 9.17) is 5.11 Å². The molecule has 1 rings (SSSR count). The van der Waals surface area contributed by atoms with Gasteiger partial charge < -0.3 is 5.11 Å². The van der Waals surface area contributed by atoms with Gasteiger partial charge in [0.05, 0.1) is 0 Å². The van der Waals surface area contributed by atoms with E-state index in [2.05, 4.69) is 20.8 Å². The number of amides is 1. The van der Waals surface area contributed by atoms with Crippen molar-refractivity contribution in [2.45, 2.75) is 40.0 Å². The van der Waals surface area contributed by atoms with E-state index in [1.807, 2.05) is 12.1 Å². The van der Waals surface area contributed by atoms with Crippen LogP contribution >= 0.6 is 0 Å². The largest absolute Gasteiger partial charge is 0.465 e. The predicted octanol–water partition coefficient (Wildman–Crippen LogP) is 3.49. The third-order valence-corrected chi connectivity index (χ3v) is 3.21. The molecule has 0 spiro atoms. The molecule has 0 unspecified atom stereocenters. The predicted molar refractivity (Wildman–Crippen MR) is 71.0 cm³/mol. The zero-order chi connectivity index (χ0) is 13.0. The van der Waals surface area contributed by atoms with Gasteiger partial charge in [-0.1, -0.05) is 20.8 Å². The van der Waals surface area contributed by atoms with Crippen molar-refractivity contribution in [1.29, 1.82) is 0 Å². The van der Waals surface area contributed by atoms with E-state index < -0.39 is 6.09 Å². The minimum atomic E-state index is -0.918. The molecule has 0 aromatic heterocycles. The molecule has 0 atom stereocenters. The third kappa shape index (κ3) is 2.78. The van der Waals surface area contributed by atoms with E-state index in [0.29, 0.717) is 0 Å². The molecule has 94 valence electrons. The Morgan fingerprint density at radius 3 is 1.88 bits per heavy atom. The number of benzene rings is 1. The topological polar surface area (TPSA) is 40.5 Å². The minimum Gasteiger partial charge on any atom is -0.465 e. The van der Waals surface area contributed by atoms with Crippen molar-refractivity contribution in [3.8, 4) is 0 Å². The second kappa shape index (κ2) is 5.71. The molecular weight excluding hydrogens is 214 g/mol. The molecule has 1 aromatic rings. The molecular formula is C14H21NO2. The molecule has 3 heteroatoms. The number of rotatable bonds is 4. The Morgan fingerprint density at radius 1 is 1.12 bits per heavy atom. The normalized spacial score (nSPS) is 10.4. The molecule has 1 aromatic carbocycles. The molecule has 0 fully saturated rings. The summed E-state index contributed by atoms with van der Waals surface area (Å²) in [4.78, 5) is 12.3. The van der Waals surface area contributed by atoms with Gasteiger partial charge in [-0.15, -0.1) is 0 Å². The second-order valence-electron chi connectivity index (χ2n) is 4.14. The first kappa shape index (κ1) is 13.6. The van der Waals surface area contributed by atoms with Gasteiger partial charge in [0.1, 0.15) is 0 Å². The summed E-state index contributed by atoms with van der Waals surface area (Å²) >= 11 is 0. The summed E-state index contributed by atoms with van der Waals surface area (Å²) in [7, 11) is 1.59. The fourth-order valence-corrected chi connectivity index (χ4v) is 2.17. The van der Waals surface area contributed by atoms with Crippen LogP contribution in [0, 0.1) is 0 Å². The number of carbonyl (C=O) groups is 1. The molecule has 0 heterocycles. The highest BCUT2D eigenvalue weighted by Crippen LogP contribution is 2.25. The van der Waals surface area contributed by atoms with Crippen LogP contribution in [0.4, 0.5) is 10.5 Å². The highest BCUT2D eigenvalue weighted by molar-refractivity contribution is 5.85. The lowest BCUT2D eigenvalue weighted by molar-refractivity contribution is 0.203. The number of anilines is 1. The molecule has 17 heavy (non-hydrogen) atoms. The van der Waals surface area contributed by atoms with Crippen LogP contribution in [0.1, 0.15) is 37.5 Å². The average Bonchev–Trinajstić information content (AvgIpc) is 2.35. The Morgan fingerprint density at radius 2 is 1.59 bits per heavy atom. The maximum absolute atomic E-state index is 11.0. The Labute approximate surface area is 103 Å². The van der Waals surface area contributed by atoms with E-state index in [0.717, 1.165) is 24.9 Å². The SMILES string of the molecule is CCc1cc(N(C)C(=O)O)cc(CC)c1CC. The van der Waals surface area contributed by atoms with Crippen LogP contribution in [0.25, 0.3) is 0 Å². The van der Waals surface area contributed by atoms with Crippen molar-refractivity contribution in [1.82, 2.24) is 0 Å². The average molecular weight is 235 g/mol. The van der Waals surface area contributed by atoms with E-state index in [1.54, 1.807) is 7.05 Å². The van der Waals surface area contributed by atoms with Crippen LogP contribution in [-0.4, -0.2) is 18.2 Å². The van der Waals surface area contributed by atoms with E-state index in [9.17, 15) is 4.79 Å². The summed E-state index contributed by atoms with van der Waals surface area (Å²) in [6, 6.07) is 3.98. The van der Waals surface area contributed by atoms with Crippen molar-refractivity contribution in [3.63, 3.8) is 0 Å². The zero-order valence-corrected chi connectivity index (χ0v) is 11.1. The fourth-order valence-electron chi connectivity index (χ4n) is 2.17. The van der Waals surface area contributed by atoms with Gasteiger partial charge >= 0.3 is 6.09 Å². The lowest BCUT2D eigenvalue weighted by Crippen LogP contribution is -2.24. The summed E-state index contributed by atoms with van der Waals surface area (Å²) in [5.74, 6) is 0. The van der Waals surface area contributed by atoms with Crippen molar-refractivity contribution in [2.24, 2.45) is 0 Å². The third-order valence-electron chi connectivity index (χ3n) is 3.21. The van der Waals surface area contributed by atoms with Gasteiger partial charge in [0.25, 0.3) is 0 Å². The van der Waals surface area contributed by atoms with E-state index in [1.165, 1.54) is 21.6 Å². The second-order valence-corrected chi connectivity index (χ2v) is 4.14. The Balaban J connectivity index is 3.31. The molecule has 0 aliphatic heterocycles. The van der Waals surface area contributed by atoms with Crippen LogP contribution in [0.2, 0.25) is 0 Å². The van der Waals surface area contributed by atoms with Gasteiger partial charge in [-0.05, 0) is 48.1 Å². The maximum atomic E-state index is 11.0. The Kier molecular flexibility index (Phi) is 4.55. The van der Waals surface area contributed by atoms with Gasteiger partial charge in [-0.2, -0.15) is 0 Å². The molecule has 0 saturated carbocycles. The smallest absolute Gasteiger partial charge is 0.411 e. The number of aryl methyl sites for hydroxylation is 2. The first-order chi connectivity index (χ1) is 8.04. The highest BCUT2D eigenvalue weighted by atomic mass is 16.4. The van der Waals surface area contributed by atoms with Gasteiger partial charge in [0.15, 0.2) is 0 Å². The number of hydrogen-bond acceptors (Lipinski definition) is 1. The molecule has 3 nitrogen and oxygen atoms in total. The highest BCUT2D eigenvalue weighted by Gasteiger charge is 2.13. The van der Waals surface area contributed by atoms with E-state index in [-0.39, 0.29) is 0 Å². The molecule has 0 bridgehead atoms. The van der Waals surface area contributed by atoms with Crippen LogP contribution in [0.15, 0.2) is 12.1 Å². The zero-order valence-electron chi connectivity index (χ0n) is 11.1. The summed E-state index contributed by atoms with van der Waals surface area (Å²) in [6.45, 7) is 6.37. The van der Waals surface area contributed by atoms with Gasteiger partial charge in [0.2, 0.25) is 0 Å². The van der Waals surface area contributed by atoms with Crippen LogP contribution in [-0.2, 0) is 19.3 Å². The molecule has 0 aliphatic carbocycles. The van der Waals surface area contributed by atoms with Crippen molar-refractivity contribution >= 4 is 11.8 Å². The van der Waals surface area contributed by atoms with Crippen molar-refractivity contribution in [2.75, 3.05) is 11.9 Å². The van der Waals surface area contributed by atoms with Crippen molar-refractivity contribution in [3.05, 3.63) is 28.8 Å². The fraction of sp³-hybridized carbons (Fsp3) is 0.500. The maximum Gasteiger partial charge on any atom is 0.411 e. The molecule has 0 radical (unpaired) electrons. The number of carboxylic acid groups (broad SMARTS) is 1. The first-order valence-corrected chi connectivity index (χ1v) is 6.16. The molecule has 1 amide bonds. The lowest BCUT2D eigenvalue weighted by atomic mass is 9.94. The summed E-state index contributed by atoms with van der Waals surface area (Å²) < 4.78 is 0. The van der Waals surface area contributed by atoms with Gasteiger partial charge in [-0.25, -0.2) is 4.79 Å². The summed E-state index contributed by atoms with van der Waals surface area (Å²) in [6.07, 6.45) is 1.97. The minimum absolute atomic E-state index is 0.767. The standard InChI is InChI=1S/C14H21NO2/c1-5-10-8-12(15(4)14(16)17)9-11(6-2)13(10)7-3/h8-9H,5-7H2,1-4H3,(H,16,17). The van der Waals surface area contributed by atoms with Gasteiger partial charge in [0, 0.05) is 12.7 Å². The van der Waals surface area contributed by atoms with Gasteiger partial charge in [-0.3, -0.25) is 4.90 Å². The molecule has 0 aliphatic rings. The quantitative estimate of drug-likeness (QED) is 0.867. The van der Waals surface area contributed by atoms with Crippen LogP contribution in [0.5, 0.6) is 0 Å². The summed E-state index contributed by atoms with van der Waals surface area (Å²) in [5.41, 5.74) is 4.66. The number of hydrogen-bond donors (Lipinski definition) is 1. The van der Waals surface area contributed by atoms with Crippen LogP contribution in [0.3, 0.4) is 0 Å². The summed E-state index contributed by atoms with van der Waals surface area (Å²) in [5, 5.41) is 9.02. The van der Waals surface area contributed by atoms with Crippen molar-refractivity contribution < 1.29 is 9.90 Å². The molecule has 0 saturated heterocycles. The molecule has 1 N–H and O–H groups in total. The Hall–Kier alpha value is -1.51. The first-order valence-electron chi connectivity index (χ1n) is 6.16. The van der Waals surface area contributed by atoms with E-state index >= 15 is 0 Å². The Bertz CT molecular complexity index is 388. The van der Waals surface area contributed by atoms with Crippen LogP contribution < -0.4 is 4.90 Å². The number of nitrogens with zero attached hydrogens (tertiary/aromatic N) is 1. The monoisotopic (exact) mass is 235 g/mol. The lowest BCUT2D eigenvalue weighted by Gasteiger charge is -2.19.